The van der Waals surface area contributed by atoms with Gasteiger partial charge in [0.1, 0.15) is 11.5 Å². The van der Waals surface area contributed by atoms with Gasteiger partial charge in [-0.2, -0.15) is 0 Å². The molecule has 0 aliphatic rings. The maximum absolute atomic E-state index is 9.12. The second-order valence-corrected chi connectivity index (χ2v) is 7.08. The zero-order valence-electron chi connectivity index (χ0n) is 17.7. The van der Waals surface area contributed by atoms with E-state index in [-0.39, 0.29) is 6.61 Å². The molecule has 1 N–H and O–H groups in total. The molecule has 0 unspecified atom stereocenters. The number of hydrogen-bond acceptors (Lipinski definition) is 4. The maximum Gasteiger partial charge on any atom is 0.150 e. The normalized spacial score (nSPS) is 11.3. The Labute approximate surface area is 179 Å². The predicted molar refractivity (Wildman–Crippen MR) is 119 cm³/mol. The first-order chi connectivity index (χ1) is 14.8. The number of para-hydroxylation sites is 2. The topological polar surface area (TPSA) is 47.9 Å². The highest BCUT2D eigenvalue weighted by Gasteiger charge is 2.41. The van der Waals surface area contributed by atoms with Crippen molar-refractivity contribution >= 4 is 0 Å². The van der Waals surface area contributed by atoms with E-state index >= 15 is 0 Å². The molecule has 0 bridgehead atoms. The van der Waals surface area contributed by atoms with Crippen LogP contribution in [0.25, 0.3) is 0 Å². The molecule has 0 saturated heterocycles. The fourth-order valence-electron chi connectivity index (χ4n) is 3.85. The molecule has 3 aromatic carbocycles. The molecule has 158 valence electrons. The summed E-state index contributed by atoms with van der Waals surface area (Å²) in [6, 6.07) is 26.1. The summed E-state index contributed by atoms with van der Waals surface area (Å²) in [6.07, 6.45) is 2.52. The van der Waals surface area contributed by atoms with Gasteiger partial charge in [-0.3, -0.25) is 0 Å². The SMILES string of the molecule is COc1ccccc1C(OCCCCCO)(c1ccccc1)c1ccccc1OC. The van der Waals surface area contributed by atoms with Crippen molar-refractivity contribution in [1.29, 1.82) is 0 Å². The molecule has 0 aliphatic carbocycles. The lowest BCUT2D eigenvalue weighted by atomic mass is 9.79. The van der Waals surface area contributed by atoms with E-state index < -0.39 is 5.60 Å². The third-order valence-corrected chi connectivity index (χ3v) is 5.27. The standard InChI is InChI=1S/C26H30O4/c1-28-24-17-9-7-15-22(24)26(21-13-5-3-6-14-21,30-20-12-4-11-19-27)23-16-8-10-18-25(23)29-2/h3,5-10,13-18,27H,4,11-12,19-20H2,1-2H3. The van der Waals surface area contributed by atoms with E-state index in [4.69, 9.17) is 19.3 Å². The minimum atomic E-state index is -0.903. The van der Waals surface area contributed by atoms with Gasteiger partial charge in [0.25, 0.3) is 0 Å². The van der Waals surface area contributed by atoms with Crippen molar-refractivity contribution < 1.29 is 19.3 Å². The average molecular weight is 407 g/mol. The average Bonchev–Trinajstić information content (AvgIpc) is 2.82. The fourth-order valence-corrected chi connectivity index (χ4v) is 3.85. The molecular formula is C26H30O4. The number of methoxy groups -OCH3 is 2. The third-order valence-electron chi connectivity index (χ3n) is 5.27. The van der Waals surface area contributed by atoms with Gasteiger partial charge in [-0.15, -0.1) is 0 Å². The van der Waals surface area contributed by atoms with Crippen molar-refractivity contribution in [3.63, 3.8) is 0 Å². The van der Waals surface area contributed by atoms with Crippen LogP contribution in [-0.4, -0.2) is 32.5 Å². The Hall–Kier alpha value is -2.82. The van der Waals surface area contributed by atoms with Crippen LogP contribution in [0.4, 0.5) is 0 Å². The summed E-state index contributed by atoms with van der Waals surface area (Å²) in [7, 11) is 3.36. The highest BCUT2D eigenvalue weighted by Crippen LogP contribution is 2.47. The van der Waals surface area contributed by atoms with E-state index in [1.807, 2.05) is 66.7 Å². The number of hydrogen-bond donors (Lipinski definition) is 1. The van der Waals surface area contributed by atoms with Crippen LogP contribution < -0.4 is 9.47 Å². The molecular weight excluding hydrogens is 376 g/mol. The highest BCUT2D eigenvalue weighted by molar-refractivity contribution is 5.56. The van der Waals surface area contributed by atoms with Gasteiger partial charge >= 0.3 is 0 Å². The molecule has 0 radical (unpaired) electrons. The van der Waals surface area contributed by atoms with Gasteiger partial charge in [-0.25, -0.2) is 0 Å². The summed E-state index contributed by atoms with van der Waals surface area (Å²) < 4.78 is 18.3. The zero-order valence-corrected chi connectivity index (χ0v) is 17.7. The van der Waals surface area contributed by atoms with Crippen LogP contribution in [0, 0.1) is 0 Å². The first kappa shape index (κ1) is 21.9. The van der Waals surface area contributed by atoms with Crippen LogP contribution >= 0.6 is 0 Å². The Morgan fingerprint density at radius 3 is 1.73 bits per heavy atom. The molecule has 0 spiro atoms. The number of ether oxygens (including phenoxy) is 3. The van der Waals surface area contributed by atoms with E-state index in [1.165, 1.54) is 0 Å². The predicted octanol–water partition coefficient (Wildman–Crippen LogP) is 5.17. The molecule has 0 aliphatic heterocycles. The smallest absolute Gasteiger partial charge is 0.150 e. The molecule has 0 fully saturated rings. The van der Waals surface area contributed by atoms with Gasteiger partial charge < -0.3 is 19.3 Å². The van der Waals surface area contributed by atoms with Crippen molar-refractivity contribution in [2.24, 2.45) is 0 Å². The number of aliphatic hydroxyl groups excluding tert-OH is 1. The maximum atomic E-state index is 9.12. The van der Waals surface area contributed by atoms with Crippen LogP contribution in [0.5, 0.6) is 11.5 Å². The summed E-state index contributed by atoms with van der Waals surface area (Å²) in [4.78, 5) is 0. The first-order valence-electron chi connectivity index (χ1n) is 10.3. The van der Waals surface area contributed by atoms with Gasteiger partial charge in [0.05, 0.1) is 14.2 Å². The molecule has 4 heteroatoms. The lowest BCUT2D eigenvalue weighted by Crippen LogP contribution is -2.34. The van der Waals surface area contributed by atoms with E-state index in [2.05, 4.69) is 12.1 Å². The first-order valence-corrected chi connectivity index (χ1v) is 10.3. The summed E-state index contributed by atoms with van der Waals surface area (Å²) in [6.45, 7) is 0.730. The molecule has 30 heavy (non-hydrogen) atoms. The van der Waals surface area contributed by atoms with Crippen LogP contribution in [-0.2, 0) is 10.3 Å². The van der Waals surface area contributed by atoms with Gasteiger partial charge in [-0.1, -0.05) is 66.7 Å². The van der Waals surface area contributed by atoms with Crippen LogP contribution in [0.2, 0.25) is 0 Å². The molecule has 0 saturated carbocycles. The molecule has 0 amide bonds. The number of aliphatic hydroxyl groups is 1. The summed E-state index contributed by atoms with van der Waals surface area (Å²) in [5.74, 6) is 1.50. The van der Waals surface area contributed by atoms with Gasteiger partial charge in [-0.05, 0) is 37.0 Å². The summed E-state index contributed by atoms with van der Waals surface area (Å²) >= 11 is 0. The van der Waals surface area contributed by atoms with Gasteiger partial charge in [0, 0.05) is 24.3 Å². The second-order valence-electron chi connectivity index (χ2n) is 7.08. The van der Waals surface area contributed by atoms with Crippen LogP contribution in [0.15, 0.2) is 78.9 Å². The molecule has 0 atom stereocenters. The van der Waals surface area contributed by atoms with Crippen molar-refractivity contribution in [3.8, 4) is 11.5 Å². The van der Waals surface area contributed by atoms with Crippen molar-refractivity contribution in [2.45, 2.75) is 24.9 Å². The Morgan fingerprint density at radius 1 is 0.667 bits per heavy atom. The number of unbranched alkanes of at least 4 members (excludes halogenated alkanes) is 2. The minimum absolute atomic E-state index is 0.197. The van der Waals surface area contributed by atoms with Crippen LogP contribution in [0.3, 0.4) is 0 Å². The van der Waals surface area contributed by atoms with E-state index in [1.54, 1.807) is 14.2 Å². The fraction of sp³-hybridized carbons (Fsp3) is 0.308. The van der Waals surface area contributed by atoms with E-state index in [0.29, 0.717) is 6.61 Å². The summed E-state index contributed by atoms with van der Waals surface area (Å²) in [5.41, 5.74) is 1.94. The third kappa shape index (κ3) is 4.50. The van der Waals surface area contributed by atoms with Crippen molar-refractivity contribution in [1.82, 2.24) is 0 Å². The van der Waals surface area contributed by atoms with E-state index in [0.717, 1.165) is 47.5 Å². The Morgan fingerprint density at radius 2 is 1.20 bits per heavy atom. The van der Waals surface area contributed by atoms with E-state index in [9.17, 15) is 0 Å². The monoisotopic (exact) mass is 406 g/mol. The van der Waals surface area contributed by atoms with Crippen molar-refractivity contribution in [3.05, 3.63) is 95.6 Å². The lowest BCUT2D eigenvalue weighted by Gasteiger charge is -2.37. The molecule has 3 aromatic rings. The second kappa shape index (κ2) is 10.8. The lowest BCUT2D eigenvalue weighted by molar-refractivity contribution is 0.00729. The Kier molecular flexibility index (Phi) is 7.89. The van der Waals surface area contributed by atoms with Gasteiger partial charge in [0.15, 0.2) is 5.60 Å². The highest BCUT2D eigenvalue weighted by atomic mass is 16.5. The Bertz CT molecular complexity index is 860. The Balaban J connectivity index is 2.23. The van der Waals surface area contributed by atoms with Gasteiger partial charge in [0.2, 0.25) is 0 Å². The number of benzene rings is 3. The molecule has 3 rings (SSSR count). The quantitative estimate of drug-likeness (QED) is 0.352. The number of rotatable bonds is 11. The zero-order chi connectivity index (χ0) is 21.2. The molecule has 0 heterocycles. The summed E-state index contributed by atoms with van der Waals surface area (Å²) in [5, 5.41) is 9.12. The largest absolute Gasteiger partial charge is 0.496 e. The minimum Gasteiger partial charge on any atom is -0.496 e. The molecule has 0 aromatic heterocycles. The van der Waals surface area contributed by atoms with Crippen molar-refractivity contribution in [2.75, 3.05) is 27.4 Å². The van der Waals surface area contributed by atoms with Crippen LogP contribution in [0.1, 0.15) is 36.0 Å². The molecule has 4 nitrogen and oxygen atoms in total.